The van der Waals surface area contributed by atoms with Crippen molar-refractivity contribution < 1.29 is 4.79 Å². The predicted molar refractivity (Wildman–Crippen MR) is 121 cm³/mol. The molecule has 1 fully saturated rings. The van der Waals surface area contributed by atoms with E-state index in [1.165, 1.54) is 5.56 Å². The minimum atomic E-state index is 0.0340. The Kier molecular flexibility index (Phi) is 4.80. The molecular weight excluding hydrogens is 394 g/mol. The summed E-state index contributed by atoms with van der Waals surface area (Å²) in [5, 5.41) is 0.667. The van der Waals surface area contributed by atoms with E-state index in [-0.39, 0.29) is 17.9 Å². The van der Waals surface area contributed by atoms with Gasteiger partial charge in [0.2, 0.25) is 5.91 Å². The number of aromatic nitrogens is 2. The van der Waals surface area contributed by atoms with Crippen LogP contribution in [0, 0.1) is 0 Å². The molecule has 5 heteroatoms. The second-order valence-electron chi connectivity index (χ2n) is 7.80. The van der Waals surface area contributed by atoms with Gasteiger partial charge in [0.25, 0.3) is 0 Å². The van der Waals surface area contributed by atoms with Gasteiger partial charge >= 0.3 is 0 Å². The van der Waals surface area contributed by atoms with E-state index >= 15 is 0 Å². The summed E-state index contributed by atoms with van der Waals surface area (Å²) in [5.74, 6) is 1.12. The van der Waals surface area contributed by atoms with E-state index in [4.69, 9.17) is 16.6 Å². The molecule has 2 heterocycles. The molecule has 0 aliphatic carbocycles. The Morgan fingerprint density at radius 3 is 2.43 bits per heavy atom. The minimum absolute atomic E-state index is 0.0340. The van der Waals surface area contributed by atoms with Crippen molar-refractivity contribution in [2.24, 2.45) is 0 Å². The Labute approximate surface area is 180 Å². The topological polar surface area (TPSA) is 38.1 Å². The molecule has 0 unspecified atom stereocenters. The van der Waals surface area contributed by atoms with Crippen LogP contribution in [0.15, 0.2) is 78.9 Å². The van der Waals surface area contributed by atoms with E-state index in [0.717, 1.165) is 22.5 Å². The van der Waals surface area contributed by atoms with E-state index in [1.54, 1.807) is 0 Å². The van der Waals surface area contributed by atoms with Crippen molar-refractivity contribution in [1.29, 1.82) is 0 Å². The zero-order valence-corrected chi connectivity index (χ0v) is 17.5. The van der Waals surface area contributed by atoms with Gasteiger partial charge < -0.3 is 9.47 Å². The summed E-state index contributed by atoms with van der Waals surface area (Å²) in [5.41, 5.74) is 4.17. The molecule has 1 saturated heterocycles. The molecule has 0 spiro atoms. The van der Waals surface area contributed by atoms with Gasteiger partial charge in [-0.3, -0.25) is 4.79 Å². The highest BCUT2D eigenvalue weighted by molar-refractivity contribution is 6.30. The highest BCUT2D eigenvalue weighted by Gasteiger charge is 2.35. The van der Waals surface area contributed by atoms with Gasteiger partial charge in [0.05, 0.1) is 17.1 Å². The number of hydrogen-bond acceptors (Lipinski definition) is 2. The lowest BCUT2D eigenvalue weighted by atomic mass is 10.0. The lowest BCUT2D eigenvalue weighted by Crippen LogP contribution is -2.24. The predicted octanol–water partition coefficient (Wildman–Crippen LogP) is 5.82. The average molecular weight is 416 g/mol. The maximum Gasteiger partial charge on any atom is 0.227 e. The van der Waals surface area contributed by atoms with Crippen LogP contribution in [0.25, 0.3) is 11.0 Å². The Morgan fingerprint density at radius 2 is 1.67 bits per heavy atom. The molecule has 0 saturated carbocycles. The van der Waals surface area contributed by atoms with E-state index in [0.29, 0.717) is 18.0 Å². The monoisotopic (exact) mass is 415 g/mol. The summed E-state index contributed by atoms with van der Waals surface area (Å²) in [7, 11) is 0. The first-order chi connectivity index (χ1) is 14.6. The number of imidazole rings is 1. The van der Waals surface area contributed by atoms with E-state index < -0.39 is 0 Å². The quantitative estimate of drug-likeness (QED) is 0.421. The molecule has 0 radical (unpaired) electrons. The molecule has 1 amide bonds. The Morgan fingerprint density at radius 1 is 0.967 bits per heavy atom. The largest absolute Gasteiger partial charge is 0.320 e. The summed E-state index contributed by atoms with van der Waals surface area (Å²) in [4.78, 5) is 19.7. The standard InChI is InChI=1S/C25H22ClN3O/c1-17(18-7-3-2-4-8-18)29-23-10-6-5-9-22(23)27-25(29)19-15-24(30)28(16-19)21-13-11-20(26)12-14-21/h2-14,17,19H,15-16H2,1H3/t17-,19-/m1/s1. The van der Waals surface area contributed by atoms with Gasteiger partial charge in [0.15, 0.2) is 0 Å². The van der Waals surface area contributed by atoms with Gasteiger partial charge in [-0.05, 0) is 48.9 Å². The molecular formula is C25H22ClN3O. The number of hydrogen-bond donors (Lipinski definition) is 0. The summed E-state index contributed by atoms with van der Waals surface area (Å²) in [6.45, 7) is 2.81. The van der Waals surface area contributed by atoms with Crippen LogP contribution in [-0.2, 0) is 4.79 Å². The fourth-order valence-electron chi connectivity index (χ4n) is 4.39. The summed E-state index contributed by atoms with van der Waals surface area (Å²) in [6, 6.07) is 26.2. The van der Waals surface area contributed by atoms with Crippen molar-refractivity contribution in [1.82, 2.24) is 9.55 Å². The van der Waals surface area contributed by atoms with Gasteiger partial charge in [-0.15, -0.1) is 0 Å². The third-order valence-electron chi connectivity index (χ3n) is 5.92. The summed E-state index contributed by atoms with van der Waals surface area (Å²) >= 11 is 6.02. The first kappa shape index (κ1) is 18.9. The average Bonchev–Trinajstić information content (AvgIpc) is 3.35. The fraction of sp³-hybridized carbons (Fsp3) is 0.200. The van der Waals surface area contributed by atoms with Crippen LogP contribution in [-0.4, -0.2) is 22.0 Å². The number of rotatable bonds is 4. The van der Waals surface area contributed by atoms with Crippen molar-refractivity contribution in [2.75, 3.05) is 11.4 Å². The van der Waals surface area contributed by atoms with Crippen LogP contribution < -0.4 is 4.90 Å². The zero-order valence-electron chi connectivity index (χ0n) is 16.7. The van der Waals surface area contributed by atoms with E-state index in [1.807, 2.05) is 53.4 Å². The lowest BCUT2D eigenvalue weighted by molar-refractivity contribution is -0.117. The Hall–Kier alpha value is -3.11. The number of fused-ring (bicyclic) bond motifs is 1. The second kappa shape index (κ2) is 7.62. The van der Waals surface area contributed by atoms with E-state index in [2.05, 4.69) is 41.8 Å². The molecule has 5 rings (SSSR count). The third kappa shape index (κ3) is 3.27. The zero-order chi connectivity index (χ0) is 20.7. The molecule has 1 aliphatic rings. The molecule has 1 aromatic heterocycles. The first-order valence-corrected chi connectivity index (χ1v) is 10.6. The SMILES string of the molecule is C[C@H](c1ccccc1)n1c([C@@H]2CC(=O)N(c3ccc(Cl)cc3)C2)nc2ccccc21. The van der Waals surface area contributed by atoms with Crippen molar-refractivity contribution in [3.63, 3.8) is 0 Å². The number of amides is 1. The maximum atomic E-state index is 12.9. The Balaban J connectivity index is 1.56. The molecule has 1 aliphatic heterocycles. The van der Waals surface area contributed by atoms with Gasteiger partial charge in [-0.25, -0.2) is 4.98 Å². The summed E-state index contributed by atoms with van der Waals surface area (Å²) in [6.07, 6.45) is 0.452. The number of para-hydroxylation sites is 2. The van der Waals surface area contributed by atoms with E-state index in [9.17, 15) is 4.79 Å². The smallest absolute Gasteiger partial charge is 0.227 e. The third-order valence-corrected chi connectivity index (χ3v) is 6.17. The van der Waals surface area contributed by atoms with Crippen molar-refractivity contribution >= 4 is 34.2 Å². The molecule has 4 aromatic rings. The number of anilines is 1. The van der Waals surface area contributed by atoms with Crippen LogP contribution in [0.2, 0.25) is 5.02 Å². The van der Waals surface area contributed by atoms with Gasteiger partial charge in [0, 0.05) is 29.6 Å². The molecule has 150 valence electrons. The molecule has 0 N–H and O–H groups in total. The van der Waals surface area contributed by atoms with Crippen LogP contribution >= 0.6 is 11.6 Å². The minimum Gasteiger partial charge on any atom is -0.320 e. The highest BCUT2D eigenvalue weighted by Crippen LogP contribution is 2.36. The lowest BCUT2D eigenvalue weighted by Gasteiger charge is -2.21. The normalized spacial score (nSPS) is 17.6. The van der Waals surface area contributed by atoms with Crippen LogP contribution in [0.5, 0.6) is 0 Å². The number of benzene rings is 3. The van der Waals surface area contributed by atoms with Gasteiger partial charge in [0.1, 0.15) is 5.82 Å². The van der Waals surface area contributed by atoms with Crippen LogP contribution in [0.4, 0.5) is 5.69 Å². The summed E-state index contributed by atoms with van der Waals surface area (Å²) < 4.78 is 2.30. The van der Waals surface area contributed by atoms with Gasteiger partial charge in [-0.1, -0.05) is 54.1 Å². The molecule has 30 heavy (non-hydrogen) atoms. The number of carbonyl (C=O) groups excluding carboxylic acids is 1. The number of carbonyl (C=O) groups is 1. The molecule has 2 atom stereocenters. The highest BCUT2D eigenvalue weighted by atomic mass is 35.5. The first-order valence-electron chi connectivity index (χ1n) is 10.2. The fourth-order valence-corrected chi connectivity index (χ4v) is 4.52. The molecule has 3 aromatic carbocycles. The molecule has 0 bridgehead atoms. The van der Waals surface area contributed by atoms with Crippen molar-refractivity contribution in [2.45, 2.75) is 25.3 Å². The van der Waals surface area contributed by atoms with Crippen LogP contribution in [0.1, 0.15) is 36.7 Å². The number of nitrogens with zero attached hydrogens (tertiary/aromatic N) is 3. The molecule has 4 nitrogen and oxygen atoms in total. The second-order valence-corrected chi connectivity index (χ2v) is 8.23. The number of halogens is 1. The van der Waals surface area contributed by atoms with Crippen molar-refractivity contribution in [3.8, 4) is 0 Å². The van der Waals surface area contributed by atoms with Crippen molar-refractivity contribution in [3.05, 3.63) is 95.3 Å². The van der Waals surface area contributed by atoms with Gasteiger partial charge in [-0.2, -0.15) is 0 Å². The maximum absolute atomic E-state index is 12.9. The Bertz CT molecular complexity index is 1200. The van der Waals surface area contributed by atoms with Crippen LogP contribution in [0.3, 0.4) is 0 Å².